The van der Waals surface area contributed by atoms with Gasteiger partial charge >= 0.3 is 12.4 Å². The molecular formula is C26H28F3N3O4. The van der Waals surface area contributed by atoms with Gasteiger partial charge in [-0.05, 0) is 62.2 Å². The molecule has 1 heterocycles. The quantitative estimate of drug-likeness (QED) is 0.300. The van der Waals surface area contributed by atoms with E-state index < -0.39 is 23.7 Å². The van der Waals surface area contributed by atoms with E-state index in [0.29, 0.717) is 18.0 Å². The minimum atomic E-state index is -4.79. The molecule has 7 nitrogen and oxygen atoms in total. The van der Waals surface area contributed by atoms with Crippen LogP contribution in [0.5, 0.6) is 17.4 Å². The Kier molecular flexibility index (Phi) is 8.76. The zero-order valence-corrected chi connectivity index (χ0v) is 20.2. The van der Waals surface area contributed by atoms with Crippen molar-refractivity contribution in [3.05, 3.63) is 72.4 Å². The highest BCUT2D eigenvalue weighted by molar-refractivity contribution is 6.00. The second-order valence-corrected chi connectivity index (χ2v) is 7.74. The van der Waals surface area contributed by atoms with Gasteiger partial charge in [-0.3, -0.25) is 0 Å². The number of nitrogens with zero attached hydrogens (tertiary/aromatic N) is 1. The third-order valence-electron chi connectivity index (χ3n) is 5.51. The van der Waals surface area contributed by atoms with Gasteiger partial charge < -0.3 is 24.8 Å². The number of benzene rings is 2. The lowest BCUT2D eigenvalue weighted by molar-refractivity contribution is -0.274. The summed E-state index contributed by atoms with van der Waals surface area (Å²) in [6.07, 6.45) is -1.78. The number of nitrogens with one attached hydrogen (secondary N) is 2. The van der Waals surface area contributed by atoms with Gasteiger partial charge in [0.1, 0.15) is 17.2 Å². The first kappa shape index (κ1) is 26.8. The molecule has 0 aliphatic carbocycles. The minimum Gasteiger partial charge on any atom is -0.437 e. The Labute approximate surface area is 207 Å². The largest absolute Gasteiger partial charge is 0.573 e. The van der Waals surface area contributed by atoms with Crippen LogP contribution in [0.2, 0.25) is 0 Å². The maximum atomic E-state index is 12.6. The summed E-state index contributed by atoms with van der Waals surface area (Å²) in [7, 11) is 0. The van der Waals surface area contributed by atoms with Gasteiger partial charge in [-0.25, -0.2) is 9.78 Å². The number of carbonyl (C=O) groups excluding carboxylic acids is 1. The Hall–Kier alpha value is -3.79. The summed E-state index contributed by atoms with van der Waals surface area (Å²) in [5, 5.41) is 5.22. The summed E-state index contributed by atoms with van der Waals surface area (Å²) < 4.78 is 53.1. The van der Waals surface area contributed by atoms with Crippen LogP contribution in [0.15, 0.2) is 66.9 Å². The van der Waals surface area contributed by atoms with Crippen molar-refractivity contribution in [2.24, 2.45) is 0 Å². The molecule has 0 bridgehead atoms. The molecule has 0 aliphatic heterocycles. The zero-order valence-electron chi connectivity index (χ0n) is 20.2. The second-order valence-electron chi connectivity index (χ2n) is 7.74. The van der Waals surface area contributed by atoms with E-state index in [1.807, 2.05) is 31.2 Å². The summed E-state index contributed by atoms with van der Waals surface area (Å²) in [6, 6.07) is 14.9. The van der Waals surface area contributed by atoms with Gasteiger partial charge in [0.05, 0.1) is 5.60 Å². The number of alkyl halides is 3. The third kappa shape index (κ3) is 6.88. The van der Waals surface area contributed by atoms with Crippen molar-refractivity contribution in [2.75, 3.05) is 17.2 Å². The lowest BCUT2D eigenvalue weighted by atomic mass is 9.87. The van der Waals surface area contributed by atoms with Crippen molar-refractivity contribution in [3.8, 4) is 17.4 Å². The predicted molar refractivity (Wildman–Crippen MR) is 130 cm³/mol. The van der Waals surface area contributed by atoms with Gasteiger partial charge in [-0.15, -0.1) is 13.2 Å². The van der Waals surface area contributed by atoms with Crippen LogP contribution < -0.4 is 20.1 Å². The van der Waals surface area contributed by atoms with E-state index in [1.54, 1.807) is 12.1 Å². The van der Waals surface area contributed by atoms with Crippen LogP contribution in [0.25, 0.3) is 0 Å². The molecule has 3 rings (SSSR count). The van der Waals surface area contributed by atoms with Crippen LogP contribution >= 0.6 is 0 Å². The van der Waals surface area contributed by atoms with E-state index in [-0.39, 0.29) is 11.6 Å². The molecule has 192 valence electrons. The number of pyridine rings is 1. The maximum Gasteiger partial charge on any atom is 0.573 e. The van der Waals surface area contributed by atoms with E-state index in [0.717, 1.165) is 30.5 Å². The molecule has 0 spiro atoms. The highest BCUT2D eigenvalue weighted by atomic mass is 19.4. The molecule has 0 fully saturated rings. The SMILES string of the molecule is CCOC(CC)(CC)c1ccccc1Oc1ncccc1NC(=O)Nc1ccc(OC(F)(F)F)cc1. The van der Waals surface area contributed by atoms with Crippen molar-refractivity contribution in [3.63, 3.8) is 0 Å². The Morgan fingerprint density at radius 2 is 1.61 bits per heavy atom. The topological polar surface area (TPSA) is 81.7 Å². The standard InChI is InChI=1S/C26H28F3N3O4/c1-4-25(5-2,34-6-3)20-10-7-8-12-22(20)35-23-21(11-9-17-30-23)32-24(33)31-18-13-15-19(16-14-18)36-26(27,28)29/h7-17H,4-6H2,1-3H3,(H2,31,32,33). The zero-order chi connectivity index (χ0) is 26.2. The molecule has 1 aromatic heterocycles. The number of ether oxygens (including phenoxy) is 3. The second kappa shape index (κ2) is 11.8. The van der Waals surface area contributed by atoms with Gasteiger partial charge in [0, 0.05) is 24.1 Å². The number of aromatic nitrogens is 1. The van der Waals surface area contributed by atoms with Crippen molar-refractivity contribution in [1.29, 1.82) is 0 Å². The molecule has 0 atom stereocenters. The van der Waals surface area contributed by atoms with Gasteiger partial charge in [0.2, 0.25) is 5.88 Å². The van der Waals surface area contributed by atoms with E-state index in [9.17, 15) is 18.0 Å². The van der Waals surface area contributed by atoms with Crippen LogP contribution in [0.3, 0.4) is 0 Å². The number of hydrogen-bond donors (Lipinski definition) is 2. The number of carbonyl (C=O) groups is 1. The van der Waals surface area contributed by atoms with Gasteiger partial charge in [0.15, 0.2) is 0 Å². The summed E-state index contributed by atoms with van der Waals surface area (Å²) in [5.41, 5.74) is 0.912. The molecule has 2 N–H and O–H groups in total. The van der Waals surface area contributed by atoms with Crippen LogP contribution in [0.1, 0.15) is 39.2 Å². The van der Waals surface area contributed by atoms with E-state index in [2.05, 4.69) is 34.2 Å². The van der Waals surface area contributed by atoms with Crippen LogP contribution in [0.4, 0.5) is 29.3 Å². The van der Waals surface area contributed by atoms with Gasteiger partial charge in [-0.1, -0.05) is 32.0 Å². The molecule has 0 unspecified atom stereocenters. The number of para-hydroxylation sites is 1. The molecule has 0 saturated carbocycles. The van der Waals surface area contributed by atoms with Crippen LogP contribution in [-0.2, 0) is 10.3 Å². The Morgan fingerprint density at radius 3 is 2.25 bits per heavy atom. The normalized spacial score (nSPS) is 11.6. The predicted octanol–water partition coefficient (Wildman–Crippen LogP) is 7.47. The molecule has 3 aromatic rings. The number of rotatable bonds is 10. The molecule has 0 saturated heterocycles. The molecule has 2 amide bonds. The molecule has 0 aliphatic rings. The van der Waals surface area contributed by atoms with E-state index in [1.165, 1.54) is 18.3 Å². The monoisotopic (exact) mass is 503 g/mol. The molecule has 36 heavy (non-hydrogen) atoms. The highest BCUT2D eigenvalue weighted by Crippen LogP contribution is 2.41. The average Bonchev–Trinajstić information content (AvgIpc) is 2.85. The molecule has 2 aromatic carbocycles. The minimum absolute atomic E-state index is 0.173. The first-order chi connectivity index (χ1) is 17.2. The number of anilines is 2. The summed E-state index contributed by atoms with van der Waals surface area (Å²) in [4.78, 5) is 16.8. The highest BCUT2D eigenvalue weighted by Gasteiger charge is 2.32. The lowest BCUT2D eigenvalue weighted by Gasteiger charge is -2.33. The first-order valence-corrected chi connectivity index (χ1v) is 11.5. The fourth-order valence-corrected chi connectivity index (χ4v) is 3.82. The lowest BCUT2D eigenvalue weighted by Crippen LogP contribution is -2.29. The van der Waals surface area contributed by atoms with Gasteiger partial charge in [0.25, 0.3) is 0 Å². The summed E-state index contributed by atoms with van der Waals surface area (Å²) in [6.45, 7) is 6.58. The average molecular weight is 504 g/mol. The smallest absolute Gasteiger partial charge is 0.437 e. The maximum absolute atomic E-state index is 12.6. The Morgan fingerprint density at radius 1 is 0.917 bits per heavy atom. The number of urea groups is 1. The van der Waals surface area contributed by atoms with Gasteiger partial charge in [-0.2, -0.15) is 0 Å². The third-order valence-corrected chi connectivity index (χ3v) is 5.51. The fourth-order valence-electron chi connectivity index (χ4n) is 3.82. The first-order valence-electron chi connectivity index (χ1n) is 11.5. The van der Waals surface area contributed by atoms with Crippen molar-refractivity contribution in [1.82, 2.24) is 4.98 Å². The van der Waals surface area contributed by atoms with E-state index >= 15 is 0 Å². The summed E-state index contributed by atoms with van der Waals surface area (Å²) in [5.74, 6) is 0.334. The Bertz CT molecular complexity index is 1150. The van der Waals surface area contributed by atoms with Crippen LogP contribution in [-0.4, -0.2) is 24.0 Å². The van der Waals surface area contributed by atoms with Crippen molar-refractivity contribution >= 4 is 17.4 Å². The number of amides is 2. The fraction of sp³-hybridized carbons (Fsp3) is 0.308. The molecular weight excluding hydrogens is 475 g/mol. The number of hydrogen-bond acceptors (Lipinski definition) is 5. The summed E-state index contributed by atoms with van der Waals surface area (Å²) >= 11 is 0. The number of halogens is 3. The van der Waals surface area contributed by atoms with Crippen molar-refractivity contribution < 1.29 is 32.2 Å². The van der Waals surface area contributed by atoms with Crippen LogP contribution in [0, 0.1) is 0 Å². The van der Waals surface area contributed by atoms with E-state index in [4.69, 9.17) is 9.47 Å². The Balaban J connectivity index is 1.77. The molecule has 10 heteroatoms. The van der Waals surface area contributed by atoms with Crippen molar-refractivity contribution in [2.45, 2.75) is 45.6 Å². The molecule has 0 radical (unpaired) electrons.